The summed E-state index contributed by atoms with van der Waals surface area (Å²) >= 11 is 0. The van der Waals surface area contributed by atoms with Gasteiger partial charge in [-0.25, -0.2) is 9.97 Å². The molecule has 0 unspecified atom stereocenters. The normalized spacial score (nSPS) is 14.8. The van der Waals surface area contributed by atoms with Gasteiger partial charge in [0.1, 0.15) is 5.75 Å². The van der Waals surface area contributed by atoms with Crippen molar-refractivity contribution in [3.63, 3.8) is 0 Å². The van der Waals surface area contributed by atoms with Gasteiger partial charge in [0.15, 0.2) is 0 Å². The van der Waals surface area contributed by atoms with Crippen molar-refractivity contribution in [3.05, 3.63) is 42.2 Å². The number of aromatic nitrogens is 2. The molecule has 6 nitrogen and oxygen atoms in total. The van der Waals surface area contributed by atoms with Crippen molar-refractivity contribution in [1.29, 1.82) is 0 Å². The number of halogens is 3. The van der Waals surface area contributed by atoms with Gasteiger partial charge in [0.25, 0.3) is 5.91 Å². The van der Waals surface area contributed by atoms with Crippen LogP contribution in [0.1, 0.15) is 29.6 Å². The lowest BCUT2D eigenvalue weighted by Crippen LogP contribution is -2.30. The molecule has 1 aromatic heterocycles. The molecule has 0 atom stereocenters. The van der Waals surface area contributed by atoms with E-state index in [4.69, 9.17) is 0 Å². The SMILES string of the molecule is O=C(Nc1cnc(N2CCCCC2)nc1)c1ccccc1OC(F)(F)F. The predicted molar refractivity (Wildman–Crippen MR) is 89.2 cm³/mol. The Morgan fingerprint density at radius 2 is 1.73 bits per heavy atom. The molecule has 2 aromatic rings. The maximum absolute atomic E-state index is 12.5. The molecule has 0 saturated carbocycles. The number of carbonyl (C=O) groups is 1. The molecule has 1 fully saturated rings. The van der Waals surface area contributed by atoms with E-state index in [-0.39, 0.29) is 11.3 Å². The van der Waals surface area contributed by atoms with Gasteiger partial charge < -0.3 is 15.0 Å². The highest BCUT2D eigenvalue weighted by molar-refractivity contribution is 6.06. The van der Waals surface area contributed by atoms with E-state index in [0.717, 1.165) is 32.0 Å². The van der Waals surface area contributed by atoms with Crippen LogP contribution in [0.5, 0.6) is 5.75 Å². The molecule has 1 aliphatic rings. The van der Waals surface area contributed by atoms with Crippen LogP contribution in [-0.4, -0.2) is 35.3 Å². The molecule has 1 amide bonds. The zero-order valence-electron chi connectivity index (χ0n) is 13.8. The Morgan fingerprint density at radius 1 is 1.08 bits per heavy atom. The van der Waals surface area contributed by atoms with Gasteiger partial charge >= 0.3 is 6.36 Å². The summed E-state index contributed by atoms with van der Waals surface area (Å²) in [4.78, 5) is 22.8. The Bertz CT molecular complexity index is 759. The van der Waals surface area contributed by atoms with E-state index in [0.29, 0.717) is 5.95 Å². The summed E-state index contributed by atoms with van der Waals surface area (Å²) < 4.78 is 41.3. The molecule has 0 radical (unpaired) electrons. The summed E-state index contributed by atoms with van der Waals surface area (Å²) in [6.07, 6.45) is 1.33. The molecule has 1 aromatic carbocycles. The highest BCUT2D eigenvalue weighted by Gasteiger charge is 2.32. The van der Waals surface area contributed by atoms with Gasteiger partial charge in [-0.2, -0.15) is 0 Å². The lowest BCUT2D eigenvalue weighted by molar-refractivity contribution is -0.274. The van der Waals surface area contributed by atoms with Crippen LogP contribution in [0.25, 0.3) is 0 Å². The van der Waals surface area contributed by atoms with Crippen LogP contribution in [0, 0.1) is 0 Å². The van der Waals surface area contributed by atoms with Crippen LogP contribution in [-0.2, 0) is 0 Å². The first kappa shape index (κ1) is 18.0. The zero-order chi connectivity index (χ0) is 18.6. The van der Waals surface area contributed by atoms with Crippen LogP contribution in [0.2, 0.25) is 0 Å². The van der Waals surface area contributed by atoms with Gasteiger partial charge in [-0.05, 0) is 31.4 Å². The fraction of sp³-hybridized carbons (Fsp3) is 0.353. The minimum atomic E-state index is -4.88. The number of carbonyl (C=O) groups excluding carboxylic acids is 1. The predicted octanol–water partition coefficient (Wildman–Crippen LogP) is 3.62. The van der Waals surface area contributed by atoms with Crippen molar-refractivity contribution in [1.82, 2.24) is 9.97 Å². The van der Waals surface area contributed by atoms with Gasteiger partial charge in [-0.3, -0.25) is 4.79 Å². The van der Waals surface area contributed by atoms with Gasteiger partial charge in [0.05, 0.1) is 23.6 Å². The minimum absolute atomic E-state index is 0.232. The summed E-state index contributed by atoms with van der Waals surface area (Å²) in [7, 11) is 0. The summed E-state index contributed by atoms with van der Waals surface area (Å²) in [5, 5.41) is 2.48. The number of piperidine rings is 1. The topological polar surface area (TPSA) is 67.4 Å². The Hall–Kier alpha value is -2.84. The third kappa shape index (κ3) is 4.62. The summed E-state index contributed by atoms with van der Waals surface area (Å²) in [5.74, 6) is -0.731. The molecule has 0 aliphatic carbocycles. The maximum Gasteiger partial charge on any atom is 0.573 e. The van der Waals surface area contributed by atoms with Crippen molar-refractivity contribution in [2.75, 3.05) is 23.3 Å². The third-order valence-corrected chi connectivity index (χ3v) is 3.89. The summed E-state index contributed by atoms with van der Waals surface area (Å²) in [5.41, 5.74) is 0.0579. The highest BCUT2D eigenvalue weighted by atomic mass is 19.4. The molecule has 3 rings (SSSR count). The second kappa shape index (κ2) is 7.59. The average molecular weight is 366 g/mol. The number of rotatable bonds is 4. The fourth-order valence-electron chi connectivity index (χ4n) is 2.71. The number of nitrogens with zero attached hydrogens (tertiary/aromatic N) is 3. The zero-order valence-corrected chi connectivity index (χ0v) is 13.8. The number of amides is 1. The number of para-hydroxylation sites is 1. The average Bonchev–Trinajstić information content (AvgIpc) is 2.62. The minimum Gasteiger partial charge on any atom is -0.405 e. The first-order chi connectivity index (χ1) is 12.4. The van der Waals surface area contributed by atoms with E-state index in [9.17, 15) is 18.0 Å². The Balaban J connectivity index is 1.70. The van der Waals surface area contributed by atoms with Crippen molar-refractivity contribution < 1.29 is 22.7 Å². The largest absolute Gasteiger partial charge is 0.573 e. The van der Waals surface area contributed by atoms with Crippen molar-refractivity contribution in [2.24, 2.45) is 0 Å². The standard InChI is InChI=1S/C17H17F3N4O2/c18-17(19,20)26-14-7-3-2-6-13(14)15(25)23-12-10-21-16(22-11-12)24-8-4-1-5-9-24/h2-3,6-7,10-11H,1,4-5,8-9H2,(H,23,25). The first-order valence-corrected chi connectivity index (χ1v) is 8.15. The molecule has 1 aliphatic heterocycles. The Morgan fingerprint density at radius 3 is 2.38 bits per heavy atom. The van der Waals surface area contributed by atoms with E-state index >= 15 is 0 Å². The van der Waals surface area contributed by atoms with Crippen LogP contribution >= 0.6 is 0 Å². The Labute approximate surface area is 148 Å². The lowest BCUT2D eigenvalue weighted by Gasteiger charge is -2.26. The molecule has 1 N–H and O–H groups in total. The molecule has 2 heterocycles. The van der Waals surface area contributed by atoms with Gasteiger partial charge in [-0.15, -0.1) is 13.2 Å². The van der Waals surface area contributed by atoms with Crippen molar-refractivity contribution >= 4 is 17.5 Å². The smallest absolute Gasteiger partial charge is 0.405 e. The highest BCUT2D eigenvalue weighted by Crippen LogP contribution is 2.27. The van der Waals surface area contributed by atoms with Crippen LogP contribution < -0.4 is 15.0 Å². The first-order valence-electron chi connectivity index (χ1n) is 8.15. The number of anilines is 2. The molecular weight excluding hydrogens is 349 g/mol. The lowest BCUT2D eigenvalue weighted by atomic mass is 10.1. The van der Waals surface area contributed by atoms with E-state index in [2.05, 4.69) is 24.9 Å². The molecule has 138 valence electrons. The van der Waals surface area contributed by atoms with E-state index in [1.807, 2.05) is 0 Å². The quantitative estimate of drug-likeness (QED) is 0.895. The Kier molecular flexibility index (Phi) is 5.24. The number of hydrogen-bond donors (Lipinski definition) is 1. The molecule has 0 bridgehead atoms. The van der Waals surface area contributed by atoms with Crippen LogP contribution in [0.3, 0.4) is 0 Å². The molecule has 1 saturated heterocycles. The van der Waals surface area contributed by atoms with Gasteiger partial charge in [0, 0.05) is 13.1 Å². The number of benzene rings is 1. The maximum atomic E-state index is 12.5. The summed E-state index contributed by atoms with van der Waals surface area (Å²) in [6.45, 7) is 1.77. The van der Waals surface area contributed by atoms with Crippen molar-refractivity contribution in [2.45, 2.75) is 25.6 Å². The van der Waals surface area contributed by atoms with E-state index in [1.165, 1.54) is 37.0 Å². The third-order valence-electron chi connectivity index (χ3n) is 3.89. The monoisotopic (exact) mass is 366 g/mol. The van der Waals surface area contributed by atoms with Crippen molar-refractivity contribution in [3.8, 4) is 5.75 Å². The van der Waals surface area contributed by atoms with E-state index < -0.39 is 18.0 Å². The number of hydrogen-bond acceptors (Lipinski definition) is 5. The van der Waals surface area contributed by atoms with Crippen LogP contribution in [0.4, 0.5) is 24.8 Å². The molecule has 0 spiro atoms. The van der Waals surface area contributed by atoms with Gasteiger partial charge in [-0.1, -0.05) is 12.1 Å². The molecular formula is C17H17F3N4O2. The second-order valence-electron chi connectivity index (χ2n) is 5.82. The molecule has 9 heteroatoms. The van der Waals surface area contributed by atoms with Gasteiger partial charge in [0.2, 0.25) is 5.95 Å². The fourth-order valence-corrected chi connectivity index (χ4v) is 2.71. The number of nitrogens with one attached hydrogen (secondary N) is 1. The number of alkyl halides is 3. The second-order valence-corrected chi connectivity index (χ2v) is 5.82. The molecule has 26 heavy (non-hydrogen) atoms. The van der Waals surface area contributed by atoms with Crippen LogP contribution in [0.15, 0.2) is 36.7 Å². The van der Waals surface area contributed by atoms with E-state index in [1.54, 1.807) is 0 Å². The number of ether oxygens (including phenoxy) is 1. The summed E-state index contributed by atoms with van der Waals surface area (Å²) in [6, 6.07) is 5.14.